The van der Waals surface area contributed by atoms with Crippen LogP contribution in [-0.2, 0) is 0 Å². The van der Waals surface area contributed by atoms with Gasteiger partial charge >= 0.3 is 0 Å². The number of aryl methyl sites for hydroxylation is 1. The van der Waals surface area contributed by atoms with Gasteiger partial charge in [0.2, 0.25) is 0 Å². The van der Waals surface area contributed by atoms with Crippen molar-refractivity contribution >= 4 is 11.5 Å². The molecule has 3 aliphatic rings. The maximum Gasteiger partial charge on any atom is 0.157 e. The lowest BCUT2D eigenvalue weighted by atomic mass is 9.71. The molecule has 140 valence electrons. The molecule has 0 bridgehead atoms. The molecule has 0 N–H and O–H groups in total. The minimum absolute atomic E-state index is 0.381. The van der Waals surface area contributed by atoms with E-state index in [2.05, 4.69) is 66.2 Å². The summed E-state index contributed by atoms with van der Waals surface area (Å²) in [6.45, 7) is 13.6. The number of rotatable bonds is 2. The average Bonchev–Trinajstić information content (AvgIpc) is 3.15. The first-order valence-corrected chi connectivity index (χ1v) is 9.80. The van der Waals surface area contributed by atoms with Crippen LogP contribution in [0.1, 0.15) is 31.2 Å². The number of anilines is 1. The maximum atomic E-state index is 4.85. The highest BCUT2D eigenvalue weighted by molar-refractivity contribution is 5.54. The standard InChI is InChI=1S/C20H30N6/c1-14(2)16-7-18(26-17(21-16)6-15(3)22-26)25-12-19-8-23(4)9-20(19,13-25)11-24(5)10-19/h6-7,14H,8-13H2,1-5H3. The molecule has 5 heterocycles. The summed E-state index contributed by atoms with van der Waals surface area (Å²) in [5, 5.41) is 4.76. The molecule has 0 amide bonds. The number of fused-ring (bicyclic) bond motifs is 1. The molecular weight excluding hydrogens is 324 g/mol. The van der Waals surface area contributed by atoms with Crippen LogP contribution < -0.4 is 4.90 Å². The molecule has 0 unspecified atom stereocenters. The van der Waals surface area contributed by atoms with E-state index < -0.39 is 0 Å². The van der Waals surface area contributed by atoms with Crippen molar-refractivity contribution in [3.8, 4) is 0 Å². The minimum Gasteiger partial charge on any atom is -0.355 e. The Hall–Kier alpha value is -1.66. The zero-order valence-corrected chi connectivity index (χ0v) is 16.7. The number of hydrogen-bond donors (Lipinski definition) is 0. The number of nitrogens with zero attached hydrogens (tertiary/aromatic N) is 6. The monoisotopic (exact) mass is 354 g/mol. The molecule has 3 saturated heterocycles. The largest absolute Gasteiger partial charge is 0.355 e. The number of hydrogen-bond acceptors (Lipinski definition) is 5. The van der Waals surface area contributed by atoms with Crippen molar-refractivity contribution in [1.82, 2.24) is 24.4 Å². The molecule has 0 aromatic carbocycles. The molecule has 0 atom stereocenters. The third-order valence-corrected chi connectivity index (χ3v) is 6.87. The van der Waals surface area contributed by atoms with Crippen molar-refractivity contribution in [1.29, 1.82) is 0 Å². The van der Waals surface area contributed by atoms with Crippen LogP contribution in [0, 0.1) is 17.8 Å². The van der Waals surface area contributed by atoms with Gasteiger partial charge in [-0.1, -0.05) is 13.8 Å². The van der Waals surface area contributed by atoms with Crippen molar-refractivity contribution in [2.75, 3.05) is 58.3 Å². The van der Waals surface area contributed by atoms with Gasteiger partial charge in [0.15, 0.2) is 5.65 Å². The van der Waals surface area contributed by atoms with Crippen LogP contribution in [0.5, 0.6) is 0 Å². The number of aromatic nitrogens is 3. The molecule has 2 aromatic heterocycles. The zero-order chi connectivity index (χ0) is 18.3. The fraction of sp³-hybridized carbons (Fsp3) is 0.700. The van der Waals surface area contributed by atoms with Gasteiger partial charge in [-0.15, -0.1) is 0 Å². The molecule has 5 rings (SSSR count). The van der Waals surface area contributed by atoms with Gasteiger partial charge in [-0.05, 0) is 26.9 Å². The second-order valence-electron chi connectivity index (χ2n) is 9.51. The summed E-state index contributed by atoms with van der Waals surface area (Å²) in [6, 6.07) is 4.38. The summed E-state index contributed by atoms with van der Waals surface area (Å²) in [5.74, 6) is 1.65. The normalized spacial score (nSPS) is 32.2. The van der Waals surface area contributed by atoms with Crippen molar-refractivity contribution < 1.29 is 0 Å². The predicted molar refractivity (Wildman–Crippen MR) is 104 cm³/mol. The van der Waals surface area contributed by atoms with Gasteiger partial charge < -0.3 is 14.7 Å². The fourth-order valence-electron chi connectivity index (χ4n) is 6.05. The summed E-state index contributed by atoms with van der Waals surface area (Å²) in [6.07, 6.45) is 0. The molecule has 26 heavy (non-hydrogen) atoms. The van der Waals surface area contributed by atoms with Gasteiger partial charge in [0.1, 0.15) is 5.82 Å². The van der Waals surface area contributed by atoms with Crippen molar-refractivity contribution in [2.45, 2.75) is 26.7 Å². The van der Waals surface area contributed by atoms with E-state index in [0.29, 0.717) is 16.7 Å². The van der Waals surface area contributed by atoms with Gasteiger partial charge in [-0.25, -0.2) is 4.98 Å². The molecule has 3 aliphatic heterocycles. The summed E-state index contributed by atoms with van der Waals surface area (Å²) in [7, 11) is 4.58. The van der Waals surface area contributed by atoms with E-state index in [1.54, 1.807) is 0 Å². The van der Waals surface area contributed by atoms with Gasteiger partial charge in [-0.3, -0.25) is 0 Å². The quantitative estimate of drug-likeness (QED) is 0.823. The minimum atomic E-state index is 0.381. The Morgan fingerprint density at radius 1 is 0.923 bits per heavy atom. The molecule has 6 heteroatoms. The van der Waals surface area contributed by atoms with E-state index in [0.717, 1.165) is 24.4 Å². The Balaban J connectivity index is 1.60. The summed E-state index contributed by atoms with van der Waals surface area (Å²) < 4.78 is 2.07. The first-order valence-electron chi connectivity index (χ1n) is 9.80. The van der Waals surface area contributed by atoms with Gasteiger partial charge in [0.05, 0.1) is 5.69 Å². The lowest BCUT2D eigenvalue weighted by molar-refractivity contribution is 0.241. The Labute approximate surface area is 155 Å². The van der Waals surface area contributed by atoms with E-state index in [1.165, 1.54) is 37.7 Å². The summed E-state index contributed by atoms with van der Waals surface area (Å²) in [5.41, 5.74) is 3.95. The molecule has 0 aliphatic carbocycles. The smallest absolute Gasteiger partial charge is 0.157 e. The maximum absolute atomic E-state index is 4.85. The Morgan fingerprint density at radius 3 is 2.04 bits per heavy atom. The van der Waals surface area contributed by atoms with E-state index in [-0.39, 0.29) is 0 Å². The van der Waals surface area contributed by atoms with Crippen molar-refractivity contribution in [3.05, 3.63) is 23.5 Å². The summed E-state index contributed by atoms with van der Waals surface area (Å²) in [4.78, 5) is 12.5. The molecule has 0 radical (unpaired) electrons. The topological polar surface area (TPSA) is 39.9 Å². The Bertz CT molecular complexity index is 831. The van der Waals surface area contributed by atoms with Crippen LogP contribution in [0.3, 0.4) is 0 Å². The van der Waals surface area contributed by atoms with E-state index in [1.807, 2.05) is 0 Å². The third-order valence-electron chi connectivity index (χ3n) is 6.87. The van der Waals surface area contributed by atoms with Gasteiger partial charge in [0.25, 0.3) is 0 Å². The Kier molecular flexibility index (Phi) is 3.30. The van der Waals surface area contributed by atoms with Crippen LogP contribution in [0.25, 0.3) is 5.65 Å². The molecule has 6 nitrogen and oxygen atoms in total. The second-order valence-corrected chi connectivity index (χ2v) is 9.51. The van der Waals surface area contributed by atoms with E-state index in [4.69, 9.17) is 10.1 Å². The van der Waals surface area contributed by atoms with Crippen molar-refractivity contribution in [3.63, 3.8) is 0 Å². The first kappa shape index (κ1) is 16.5. The molecular formula is C20H30N6. The van der Waals surface area contributed by atoms with Crippen LogP contribution >= 0.6 is 0 Å². The Morgan fingerprint density at radius 2 is 1.50 bits per heavy atom. The van der Waals surface area contributed by atoms with Crippen molar-refractivity contribution in [2.24, 2.45) is 10.8 Å². The first-order chi connectivity index (χ1) is 12.3. The number of likely N-dealkylation sites (tertiary alicyclic amines) is 2. The van der Waals surface area contributed by atoms with Crippen LogP contribution in [0.2, 0.25) is 0 Å². The average molecular weight is 355 g/mol. The zero-order valence-electron chi connectivity index (χ0n) is 16.7. The molecule has 0 saturated carbocycles. The molecule has 3 fully saturated rings. The van der Waals surface area contributed by atoms with Crippen LogP contribution in [0.4, 0.5) is 5.82 Å². The van der Waals surface area contributed by atoms with E-state index in [9.17, 15) is 0 Å². The van der Waals surface area contributed by atoms with Gasteiger partial charge in [-0.2, -0.15) is 9.61 Å². The van der Waals surface area contributed by atoms with Gasteiger partial charge in [0, 0.05) is 67.9 Å². The highest BCUT2D eigenvalue weighted by Gasteiger charge is 2.66. The predicted octanol–water partition coefficient (Wildman–Crippen LogP) is 1.84. The van der Waals surface area contributed by atoms with Crippen LogP contribution in [-0.4, -0.2) is 77.8 Å². The lowest BCUT2D eigenvalue weighted by Crippen LogP contribution is -2.38. The molecule has 2 aromatic rings. The van der Waals surface area contributed by atoms with Crippen LogP contribution in [0.15, 0.2) is 12.1 Å². The lowest BCUT2D eigenvalue weighted by Gasteiger charge is -2.29. The molecule has 0 spiro atoms. The highest BCUT2D eigenvalue weighted by atomic mass is 15.4. The highest BCUT2D eigenvalue weighted by Crippen LogP contribution is 2.56. The fourth-order valence-corrected chi connectivity index (χ4v) is 6.05. The summed E-state index contributed by atoms with van der Waals surface area (Å²) >= 11 is 0. The van der Waals surface area contributed by atoms with E-state index >= 15 is 0 Å². The third kappa shape index (κ3) is 2.12. The second kappa shape index (κ2) is 5.20. The SMILES string of the molecule is Cc1cc2nc(C(C)C)cc(N3CC45CN(C)CC4(CN(C)C5)C3)n2n1.